The van der Waals surface area contributed by atoms with Gasteiger partial charge in [0, 0.05) is 11.4 Å². The summed E-state index contributed by atoms with van der Waals surface area (Å²) >= 11 is 1.68. The highest BCUT2D eigenvalue weighted by Crippen LogP contribution is 2.25. The molecule has 0 saturated carbocycles. The molecule has 1 aliphatic rings. The van der Waals surface area contributed by atoms with Crippen LogP contribution in [0.2, 0.25) is 0 Å². The van der Waals surface area contributed by atoms with Gasteiger partial charge in [0.05, 0.1) is 0 Å². The van der Waals surface area contributed by atoms with Crippen LogP contribution in [-0.4, -0.2) is 34.8 Å². The molecule has 2 unspecified atom stereocenters. The third-order valence-corrected chi connectivity index (χ3v) is 4.86. The number of thiophene rings is 1. The van der Waals surface area contributed by atoms with Crippen molar-refractivity contribution in [1.29, 1.82) is 0 Å². The molecule has 1 N–H and O–H groups in total. The number of rotatable bonds is 4. The lowest BCUT2D eigenvalue weighted by molar-refractivity contribution is -0.156. The van der Waals surface area contributed by atoms with Gasteiger partial charge in [0.25, 0.3) is 0 Å². The van der Waals surface area contributed by atoms with Crippen LogP contribution in [0.15, 0.2) is 17.5 Å². The van der Waals surface area contributed by atoms with Gasteiger partial charge < -0.3 is 10.2 Å². The number of amides is 2. The van der Waals surface area contributed by atoms with Crippen molar-refractivity contribution in [3.63, 3.8) is 0 Å². The molecule has 1 fully saturated rings. The Morgan fingerprint density at radius 3 is 2.79 bits per heavy atom. The molecule has 0 bridgehead atoms. The zero-order valence-electron chi connectivity index (χ0n) is 11.6. The van der Waals surface area contributed by atoms with Crippen molar-refractivity contribution in [2.45, 2.75) is 45.2 Å². The first-order chi connectivity index (χ1) is 8.99. The third-order valence-electron chi connectivity index (χ3n) is 3.92. The van der Waals surface area contributed by atoms with Crippen LogP contribution in [0.5, 0.6) is 0 Å². The minimum atomic E-state index is -0.721. The molecule has 5 heteroatoms. The van der Waals surface area contributed by atoms with Crippen molar-refractivity contribution in [3.05, 3.63) is 22.4 Å². The zero-order valence-corrected chi connectivity index (χ0v) is 12.4. The molecular formula is C14H20N2O2S. The number of nitrogens with zero attached hydrogens (tertiary/aromatic N) is 1. The molecule has 0 radical (unpaired) electrons. The van der Waals surface area contributed by atoms with Crippen LogP contribution in [0.3, 0.4) is 0 Å². The van der Waals surface area contributed by atoms with Crippen LogP contribution < -0.4 is 5.32 Å². The Balaban J connectivity index is 2.17. The Morgan fingerprint density at radius 2 is 2.21 bits per heavy atom. The topological polar surface area (TPSA) is 49.4 Å². The van der Waals surface area contributed by atoms with Crippen molar-refractivity contribution in [2.24, 2.45) is 0 Å². The maximum absolute atomic E-state index is 12.3. The quantitative estimate of drug-likeness (QED) is 0.914. The Labute approximate surface area is 117 Å². The first kappa shape index (κ1) is 14.1. The Morgan fingerprint density at radius 1 is 1.47 bits per heavy atom. The fraction of sp³-hybridized carbons (Fsp3) is 0.571. The van der Waals surface area contributed by atoms with Gasteiger partial charge in [0.15, 0.2) is 0 Å². The SMILES string of the molecule is CCC1(C)C(=O)NC(C)C(=O)N1CCc1cccs1. The molecule has 2 rings (SSSR count). The first-order valence-corrected chi connectivity index (χ1v) is 7.52. The van der Waals surface area contributed by atoms with E-state index in [0.29, 0.717) is 13.0 Å². The molecule has 1 saturated heterocycles. The van der Waals surface area contributed by atoms with Gasteiger partial charge in [0.1, 0.15) is 11.6 Å². The summed E-state index contributed by atoms with van der Waals surface area (Å²) < 4.78 is 0. The van der Waals surface area contributed by atoms with Crippen molar-refractivity contribution >= 4 is 23.2 Å². The zero-order chi connectivity index (χ0) is 14.0. The standard InChI is InChI=1S/C14H20N2O2S/c1-4-14(3)13(18)15-10(2)12(17)16(14)8-7-11-6-5-9-19-11/h5-6,9-10H,4,7-8H2,1-3H3,(H,15,18). The highest BCUT2D eigenvalue weighted by Gasteiger charge is 2.46. The van der Waals surface area contributed by atoms with Crippen LogP contribution >= 0.6 is 11.3 Å². The largest absolute Gasteiger partial charge is 0.343 e. The van der Waals surface area contributed by atoms with Crippen LogP contribution in [-0.2, 0) is 16.0 Å². The average Bonchev–Trinajstić information content (AvgIpc) is 2.89. The maximum Gasteiger partial charge on any atom is 0.246 e. The fourth-order valence-electron chi connectivity index (χ4n) is 2.40. The minimum absolute atomic E-state index is 0.0144. The van der Waals surface area contributed by atoms with E-state index < -0.39 is 11.6 Å². The maximum atomic E-state index is 12.3. The molecule has 1 aliphatic heterocycles. The van der Waals surface area contributed by atoms with E-state index in [1.54, 1.807) is 23.2 Å². The summed E-state index contributed by atoms with van der Waals surface area (Å²) in [7, 11) is 0. The van der Waals surface area contributed by atoms with Crippen molar-refractivity contribution in [2.75, 3.05) is 6.54 Å². The highest BCUT2D eigenvalue weighted by molar-refractivity contribution is 7.09. The summed E-state index contributed by atoms with van der Waals surface area (Å²) in [4.78, 5) is 27.5. The van der Waals surface area contributed by atoms with Gasteiger partial charge in [-0.1, -0.05) is 13.0 Å². The van der Waals surface area contributed by atoms with E-state index in [4.69, 9.17) is 0 Å². The number of carbonyl (C=O) groups excluding carboxylic acids is 2. The molecule has 0 spiro atoms. The van der Waals surface area contributed by atoms with Crippen LogP contribution in [0.25, 0.3) is 0 Å². The van der Waals surface area contributed by atoms with E-state index in [0.717, 1.165) is 6.42 Å². The molecule has 2 amide bonds. The summed E-state index contributed by atoms with van der Waals surface area (Å²) in [5.41, 5.74) is -0.721. The summed E-state index contributed by atoms with van der Waals surface area (Å²) in [6, 6.07) is 3.65. The molecule has 1 aromatic heterocycles. The predicted octanol–water partition coefficient (Wildman–Crippen LogP) is 1.81. The molecule has 4 nitrogen and oxygen atoms in total. The molecule has 0 aliphatic carbocycles. The van der Waals surface area contributed by atoms with Crippen molar-refractivity contribution in [3.8, 4) is 0 Å². The smallest absolute Gasteiger partial charge is 0.246 e. The number of carbonyl (C=O) groups is 2. The van der Waals surface area contributed by atoms with Gasteiger partial charge in [0.2, 0.25) is 11.8 Å². The second-order valence-electron chi connectivity index (χ2n) is 5.14. The summed E-state index contributed by atoms with van der Waals surface area (Å²) in [5.74, 6) is -0.0335. The molecule has 104 valence electrons. The second-order valence-corrected chi connectivity index (χ2v) is 6.17. The molecule has 19 heavy (non-hydrogen) atoms. The van der Waals surface area contributed by atoms with Gasteiger partial charge in [-0.2, -0.15) is 0 Å². The van der Waals surface area contributed by atoms with E-state index in [2.05, 4.69) is 11.4 Å². The van der Waals surface area contributed by atoms with Gasteiger partial charge in [-0.15, -0.1) is 11.3 Å². The van der Waals surface area contributed by atoms with Gasteiger partial charge in [-0.05, 0) is 38.1 Å². The lowest BCUT2D eigenvalue weighted by Gasteiger charge is -2.45. The van der Waals surface area contributed by atoms with Crippen LogP contribution in [0, 0.1) is 0 Å². The lowest BCUT2D eigenvalue weighted by atomic mass is 9.90. The minimum Gasteiger partial charge on any atom is -0.343 e. The Kier molecular flexibility index (Phi) is 3.94. The van der Waals surface area contributed by atoms with E-state index in [1.165, 1.54) is 4.88 Å². The second kappa shape index (κ2) is 5.33. The van der Waals surface area contributed by atoms with Gasteiger partial charge in [-0.25, -0.2) is 0 Å². The number of hydrogen-bond donors (Lipinski definition) is 1. The van der Waals surface area contributed by atoms with E-state index in [1.807, 2.05) is 25.3 Å². The third kappa shape index (κ3) is 2.52. The highest BCUT2D eigenvalue weighted by atomic mass is 32.1. The van der Waals surface area contributed by atoms with Gasteiger partial charge >= 0.3 is 0 Å². The van der Waals surface area contributed by atoms with Crippen molar-refractivity contribution < 1.29 is 9.59 Å². The number of nitrogens with one attached hydrogen (secondary N) is 1. The van der Waals surface area contributed by atoms with E-state index >= 15 is 0 Å². The van der Waals surface area contributed by atoms with Crippen LogP contribution in [0.1, 0.15) is 32.1 Å². The lowest BCUT2D eigenvalue weighted by Crippen LogP contribution is -2.68. The van der Waals surface area contributed by atoms with Crippen molar-refractivity contribution in [1.82, 2.24) is 10.2 Å². The Hall–Kier alpha value is -1.36. The first-order valence-electron chi connectivity index (χ1n) is 6.64. The fourth-order valence-corrected chi connectivity index (χ4v) is 3.10. The van der Waals surface area contributed by atoms with E-state index in [-0.39, 0.29) is 11.8 Å². The molecule has 2 atom stereocenters. The predicted molar refractivity (Wildman–Crippen MR) is 76.0 cm³/mol. The van der Waals surface area contributed by atoms with Crippen LogP contribution in [0.4, 0.5) is 0 Å². The molecule has 2 heterocycles. The summed E-state index contributed by atoms with van der Waals surface area (Å²) in [6.07, 6.45) is 1.43. The average molecular weight is 280 g/mol. The number of piperazine rings is 1. The molecule has 0 aromatic carbocycles. The Bertz CT molecular complexity index is 472. The normalized spacial score (nSPS) is 27.5. The molecule has 1 aromatic rings. The summed E-state index contributed by atoms with van der Waals surface area (Å²) in [6.45, 7) is 6.14. The van der Waals surface area contributed by atoms with E-state index in [9.17, 15) is 9.59 Å². The monoisotopic (exact) mass is 280 g/mol. The number of hydrogen-bond acceptors (Lipinski definition) is 3. The summed E-state index contributed by atoms with van der Waals surface area (Å²) in [5, 5.41) is 4.80. The molecular weight excluding hydrogens is 260 g/mol. The van der Waals surface area contributed by atoms with Gasteiger partial charge in [-0.3, -0.25) is 9.59 Å².